The number of allylic oxidation sites excluding steroid dienone is 9. The number of fused-ring (bicyclic) bond motifs is 5. The number of hydrogen-bond acceptors (Lipinski definition) is 7. The Hall–Kier alpha value is -5.35. The smallest absolute Gasteiger partial charge is 0.303 e. The van der Waals surface area contributed by atoms with Gasteiger partial charge in [-0.15, -0.1) is 0 Å². The maximum atomic E-state index is 11.9. The summed E-state index contributed by atoms with van der Waals surface area (Å²) in [7, 11) is 0. The van der Waals surface area contributed by atoms with Crippen molar-refractivity contribution >= 4 is 47.3 Å². The van der Waals surface area contributed by atoms with Gasteiger partial charge in [-0.25, -0.2) is 15.0 Å². The molecular formula is C49H62N4O6. The molecule has 8 bridgehead atoms. The molecule has 10 heteroatoms. The van der Waals surface area contributed by atoms with E-state index in [2.05, 4.69) is 45.3 Å². The summed E-state index contributed by atoms with van der Waals surface area (Å²) in [4.78, 5) is 42.0. The number of aromatic nitrogens is 1. The number of aliphatic hydroxyl groups excluding tert-OH is 2. The first-order valence-corrected chi connectivity index (χ1v) is 21.1. The van der Waals surface area contributed by atoms with Crippen LogP contribution in [0.1, 0.15) is 130 Å². The van der Waals surface area contributed by atoms with E-state index in [9.17, 15) is 30.0 Å². The summed E-state index contributed by atoms with van der Waals surface area (Å²) in [6.07, 6.45) is 20.2. The second-order valence-electron chi connectivity index (χ2n) is 16.8. The molecule has 5 N–H and O–H groups in total. The Kier molecular flexibility index (Phi) is 15.2. The van der Waals surface area contributed by atoms with Gasteiger partial charge in [-0.05, 0) is 131 Å². The molecule has 4 aliphatic rings. The van der Waals surface area contributed by atoms with E-state index >= 15 is 0 Å². The Labute approximate surface area is 348 Å². The molecule has 0 amide bonds. The summed E-state index contributed by atoms with van der Waals surface area (Å²) in [6.45, 7) is 18.9. The first-order valence-electron chi connectivity index (χ1n) is 21.1. The number of H-pyrrole nitrogens is 1. The molecule has 0 radical (unpaired) electrons. The third-order valence-electron chi connectivity index (χ3n) is 11.9. The van der Waals surface area contributed by atoms with E-state index in [1.807, 2.05) is 32.9 Å². The predicted octanol–water partition coefficient (Wildman–Crippen LogP) is 9.45. The maximum Gasteiger partial charge on any atom is 0.303 e. The first-order chi connectivity index (χ1) is 28.1. The number of aliphatic imine (C=N–C) groups is 3. The highest BCUT2D eigenvalue weighted by molar-refractivity contribution is 6.25. The van der Waals surface area contributed by atoms with Crippen molar-refractivity contribution in [3.63, 3.8) is 0 Å². The van der Waals surface area contributed by atoms with Crippen molar-refractivity contribution in [3.8, 4) is 0 Å². The van der Waals surface area contributed by atoms with Crippen molar-refractivity contribution in [2.24, 2.45) is 26.8 Å². The summed E-state index contributed by atoms with van der Waals surface area (Å²) in [5.41, 5.74) is 10.4. The molecule has 0 aromatic carbocycles. The number of carboxylic acid groups (broad SMARTS) is 2. The molecule has 5 heterocycles. The van der Waals surface area contributed by atoms with Crippen molar-refractivity contribution in [3.05, 3.63) is 109 Å². The lowest BCUT2D eigenvalue weighted by molar-refractivity contribution is -0.137. The highest BCUT2D eigenvalue weighted by atomic mass is 16.4. The molecule has 314 valence electrons. The second-order valence-corrected chi connectivity index (χ2v) is 16.8. The van der Waals surface area contributed by atoms with Gasteiger partial charge < -0.3 is 25.4 Å². The van der Waals surface area contributed by atoms with Crippen molar-refractivity contribution in [1.29, 1.82) is 0 Å². The van der Waals surface area contributed by atoms with Crippen molar-refractivity contribution < 1.29 is 30.0 Å². The SMILES string of the molecule is C=Cc1c(C)c2[nH]c1=CC1=NC(=CC3=C(CCC(=O)O)C(=CO)C(=N3)C=C3N=C(C=2)C([C@@H](O)CCCC(C)CCCC(C)CCC=C(C)C)=C3C)C(CCC(=O)O)=C1C. The average molecular weight is 803 g/mol. The van der Waals surface area contributed by atoms with Gasteiger partial charge >= 0.3 is 11.9 Å². The fourth-order valence-electron chi connectivity index (χ4n) is 8.40. The summed E-state index contributed by atoms with van der Waals surface area (Å²) >= 11 is 0. The minimum atomic E-state index is -0.994. The topological polar surface area (TPSA) is 168 Å². The molecule has 2 unspecified atom stereocenters. The fourth-order valence-corrected chi connectivity index (χ4v) is 8.40. The van der Waals surface area contributed by atoms with Gasteiger partial charge in [-0.2, -0.15) is 0 Å². The number of aliphatic carboxylic acids is 2. The number of carbonyl (C=O) groups is 2. The van der Waals surface area contributed by atoms with E-state index in [1.165, 1.54) is 31.3 Å². The fraction of sp³-hybridized carbons (Fsp3) is 0.449. The van der Waals surface area contributed by atoms with Crippen LogP contribution in [-0.4, -0.2) is 60.6 Å². The van der Waals surface area contributed by atoms with Crippen LogP contribution in [0.25, 0.3) is 18.2 Å². The zero-order valence-corrected chi connectivity index (χ0v) is 35.9. The quantitative estimate of drug-likeness (QED) is 0.0690. The van der Waals surface area contributed by atoms with Crippen molar-refractivity contribution in [2.45, 2.75) is 132 Å². The van der Waals surface area contributed by atoms with E-state index in [0.29, 0.717) is 63.6 Å². The maximum absolute atomic E-state index is 11.9. The molecule has 5 rings (SSSR count). The molecule has 3 atom stereocenters. The van der Waals surface area contributed by atoms with Crippen LogP contribution in [0, 0.1) is 18.8 Å². The van der Waals surface area contributed by atoms with Gasteiger partial charge in [-0.1, -0.05) is 70.3 Å². The van der Waals surface area contributed by atoms with Gasteiger partial charge in [0.25, 0.3) is 0 Å². The normalized spacial score (nSPS) is 18.4. The minimum Gasteiger partial charge on any atom is -0.515 e. The van der Waals surface area contributed by atoms with Gasteiger partial charge in [0.2, 0.25) is 0 Å². The van der Waals surface area contributed by atoms with E-state index in [-0.39, 0.29) is 25.7 Å². The monoisotopic (exact) mass is 802 g/mol. The van der Waals surface area contributed by atoms with Crippen LogP contribution in [-0.2, 0) is 9.59 Å². The molecule has 10 nitrogen and oxygen atoms in total. The zero-order valence-electron chi connectivity index (χ0n) is 35.9. The Balaban J connectivity index is 1.53. The van der Waals surface area contributed by atoms with Gasteiger partial charge in [0.15, 0.2) is 0 Å². The van der Waals surface area contributed by atoms with Crippen molar-refractivity contribution in [1.82, 2.24) is 4.98 Å². The van der Waals surface area contributed by atoms with E-state index in [0.717, 1.165) is 69.6 Å². The number of nitrogens with one attached hydrogen (secondary N) is 1. The number of aromatic amines is 1. The average Bonchev–Trinajstić information content (AvgIpc) is 3.85. The Morgan fingerprint density at radius 2 is 1.37 bits per heavy atom. The summed E-state index contributed by atoms with van der Waals surface area (Å²) in [6, 6.07) is 0. The van der Waals surface area contributed by atoms with Gasteiger partial charge in [0, 0.05) is 40.2 Å². The Bertz CT molecular complexity index is 2310. The molecule has 0 aliphatic carbocycles. The molecule has 0 saturated carbocycles. The van der Waals surface area contributed by atoms with Crippen LogP contribution in [0.2, 0.25) is 0 Å². The highest BCUT2D eigenvalue weighted by Crippen LogP contribution is 2.38. The minimum absolute atomic E-state index is 0.0919. The number of nitrogens with zero attached hydrogens (tertiary/aromatic N) is 3. The second kappa shape index (κ2) is 20.1. The lowest BCUT2D eigenvalue weighted by atomic mass is 9.90. The molecule has 1 aromatic rings. The zero-order chi connectivity index (χ0) is 43.0. The molecule has 4 aliphatic heterocycles. The van der Waals surface area contributed by atoms with Crippen LogP contribution in [0.15, 0.2) is 102 Å². The van der Waals surface area contributed by atoms with E-state index in [1.54, 1.807) is 18.2 Å². The summed E-state index contributed by atoms with van der Waals surface area (Å²) in [5, 5.41) is 43.3. The molecule has 59 heavy (non-hydrogen) atoms. The van der Waals surface area contributed by atoms with Gasteiger partial charge in [0.1, 0.15) is 0 Å². The lowest BCUT2D eigenvalue weighted by Gasteiger charge is -2.17. The lowest BCUT2D eigenvalue weighted by Crippen LogP contribution is -2.20. The number of rotatable bonds is 19. The van der Waals surface area contributed by atoms with Crippen LogP contribution in [0.4, 0.5) is 0 Å². The number of hydrogen-bond donors (Lipinski definition) is 5. The number of aliphatic hydroxyl groups is 2. The Morgan fingerprint density at radius 3 is 2.00 bits per heavy atom. The van der Waals surface area contributed by atoms with Crippen LogP contribution >= 0.6 is 0 Å². The van der Waals surface area contributed by atoms with E-state index < -0.39 is 18.0 Å². The molecule has 0 fully saturated rings. The summed E-state index contributed by atoms with van der Waals surface area (Å²) in [5.74, 6) is -0.662. The third-order valence-corrected chi connectivity index (χ3v) is 11.9. The van der Waals surface area contributed by atoms with Crippen LogP contribution < -0.4 is 10.7 Å². The predicted molar refractivity (Wildman–Crippen MR) is 240 cm³/mol. The molecule has 1 aromatic heterocycles. The Morgan fingerprint density at radius 1 is 0.763 bits per heavy atom. The van der Waals surface area contributed by atoms with E-state index in [4.69, 9.17) is 15.0 Å². The van der Waals surface area contributed by atoms with Crippen LogP contribution in [0.5, 0.6) is 0 Å². The molecular weight excluding hydrogens is 741 g/mol. The largest absolute Gasteiger partial charge is 0.515 e. The molecule has 0 spiro atoms. The van der Waals surface area contributed by atoms with Gasteiger partial charge in [-0.3, -0.25) is 9.59 Å². The summed E-state index contributed by atoms with van der Waals surface area (Å²) < 4.78 is 0. The standard InChI is InChI=1S/C49H62N4O6/c1-9-34-31(6)39-25-45-49(46(55)18-12-17-30(5)16-11-15-29(4)14-10-13-28(2)3)33(8)40(52-45)24-44-37(27-54)36(20-22-48(58)59)43(53-44)26-42-35(19-21-47(56)57)32(7)38(51-42)23-41(34)50-39/h9,13,23-27,29-30,46,50,54-55H,1,10-12,14-22H2,2-8H3,(H,56,57)(H,58,59)/t29?,30?,46-/m0/s1. The molecule has 0 saturated heterocycles. The first kappa shape index (κ1) is 44.7. The highest BCUT2D eigenvalue weighted by Gasteiger charge is 2.30. The third kappa shape index (κ3) is 11.0. The van der Waals surface area contributed by atoms with Crippen LogP contribution in [0.3, 0.4) is 0 Å². The number of carboxylic acids is 2. The van der Waals surface area contributed by atoms with Crippen molar-refractivity contribution in [2.75, 3.05) is 0 Å². The van der Waals surface area contributed by atoms with Gasteiger partial charge in [0.05, 0.1) is 46.6 Å².